The van der Waals surface area contributed by atoms with Crippen LogP contribution in [0.3, 0.4) is 0 Å². The first-order chi connectivity index (χ1) is 5.86. The van der Waals surface area contributed by atoms with Crippen molar-refractivity contribution in [1.82, 2.24) is 10.3 Å². The smallest absolute Gasteiger partial charge is 0.0682 e. The van der Waals surface area contributed by atoms with E-state index in [0.29, 0.717) is 6.54 Å². The van der Waals surface area contributed by atoms with Crippen LogP contribution in [0.4, 0.5) is 0 Å². The van der Waals surface area contributed by atoms with Crippen molar-refractivity contribution in [3.63, 3.8) is 0 Å². The quantitative estimate of drug-likeness (QED) is 0.634. The van der Waals surface area contributed by atoms with Crippen molar-refractivity contribution in [2.45, 2.75) is 18.6 Å². The third-order valence-corrected chi connectivity index (χ3v) is 2.19. The number of aliphatic hydroxyl groups is 1. The molecule has 3 nitrogen and oxygen atoms in total. The number of aliphatic hydroxyl groups excluding tert-OH is 1. The van der Waals surface area contributed by atoms with Gasteiger partial charge in [0.1, 0.15) is 0 Å². The summed E-state index contributed by atoms with van der Waals surface area (Å²) in [6, 6.07) is 4.23. The van der Waals surface area contributed by atoms with E-state index in [1.54, 1.807) is 6.20 Å². The number of aromatic nitrogens is 1. The van der Waals surface area contributed by atoms with Crippen molar-refractivity contribution in [2.75, 3.05) is 6.54 Å². The average Bonchev–Trinajstić information content (AvgIpc) is 2.54. The van der Waals surface area contributed by atoms with Gasteiger partial charge in [0, 0.05) is 25.0 Å². The van der Waals surface area contributed by atoms with Crippen LogP contribution in [0.5, 0.6) is 0 Å². The lowest BCUT2D eigenvalue weighted by atomic mass is 10.1. The molecule has 0 aromatic carbocycles. The average molecular weight is 164 g/mol. The maximum atomic E-state index is 9.28. The lowest BCUT2D eigenvalue weighted by molar-refractivity contribution is 0.193. The molecule has 1 aliphatic heterocycles. The molecule has 1 unspecified atom stereocenters. The Bertz CT molecular complexity index is 250. The molecule has 1 aromatic heterocycles. The fourth-order valence-corrected chi connectivity index (χ4v) is 1.55. The molecule has 0 spiro atoms. The van der Waals surface area contributed by atoms with Gasteiger partial charge >= 0.3 is 0 Å². The first-order valence-electron chi connectivity index (χ1n) is 4.17. The van der Waals surface area contributed by atoms with E-state index in [4.69, 9.17) is 0 Å². The topological polar surface area (TPSA) is 45.1 Å². The molecule has 2 N–H and O–H groups in total. The van der Waals surface area contributed by atoms with Crippen LogP contribution in [0.2, 0.25) is 0 Å². The standard InChI is InChI=1S/C9H12N2O/c12-8-4-9(11-6-8)7-2-1-3-10-5-7/h1-3,5,8-9,11-12H,4,6H2/t8-,9?/m0/s1. The number of hydrogen-bond donors (Lipinski definition) is 2. The van der Waals surface area contributed by atoms with Crippen LogP contribution in [0.15, 0.2) is 24.5 Å². The van der Waals surface area contributed by atoms with Gasteiger partial charge in [-0.1, -0.05) is 6.07 Å². The second kappa shape index (κ2) is 3.21. The highest BCUT2D eigenvalue weighted by molar-refractivity contribution is 5.15. The van der Waals surface area contributed by atoms with Crippen molar-refractivity contribution in [2.24, 2.45) is 0 Å². The summed E-state index contributed by atoms with van der Waals surface area (Å²) in [4.78, 5) is 4.03. The predicted molar refractivity (Wildman–Crippen MR) is 45.6 cm³/mol. The Kier molecular flexibility index (Phi) is 2.06. The molecule has 0 amide bonds. The van der Waals surface area contributed by atoms with Gasteiger partial charge in [-0.2, -0.15) is 0 Å². The molecule has 1 saturated heterocycles. The number of rotatable bonds is 1. The van der Waals surface area contributed by atoms with Crippen LogP contribution in [0.25, 0.3) is 0 Å². The Morgan fingerprint density at radius 3 is 3.08 bits per heavy atom. The molecule has 0 radical (unpaired) electrons. The van der Waals surface area contributed by atoms with E-state index in [9.17, 15) is 5.11 Å². The van der Waals surface area contributed by atoms with Gasteiger partial charge in [-0.05, 0) is 18.1 Å². The highest BCUT2D eigenvalue weighted by atomic mass is 16.3. The third kappa shape index (κ3) is 1.47. The minimum atomic E-state index is -0.199. The first kappa shape index (κ1) is 7.71. The number of nitrogens with zero attached hydrogens (tertiary/aromatic N) is 1. The maximum absolute atomic E-state index is 9.28. The molecule has 1 aliphatic rings. The Balaban J connectivity index is 2.11. The Labute approximate surface area is 71.4 Å². The zero-order chi connectivity index (χ0) is 8.39. The van der Waals surface area contributed by atoms with E-state index < -0.39 is 0 Å². The summed E-state index contributed by atoms with van der Waals surface area (Å²) in [6.45, 7) is 0.694. The van der Waals surface area contributed by atoms with Crippen LogP contribution in [-0.2, 0) is 0 Å². The highest BCUT2D eigenvalue weighted by Crippen LogP contribution is 2.21. The zero-order valence-electron chi connectivity index (χ0n) is 6.77. The van der Waals surface area contributed by atoms with E-state index in [-0.39, 0.29) is 12.1 Å². The highest BCUT2D eigenvalue weighted by Gasteiger charge is 2.22. The largest absolute Gasteiger partial charge is 0.392 e. The van der Waals surface area contributed by atoms with Crippen molar-refractivity contribution in [3.8, 4) is 0 Å². The molecular weight excluding hydrogens is 152 g/mol. The Hall–Kier alpha value is -0.930. The Morgan fingerprint density at radius 1 is 1.58 bits per heavy atom. The monoisotopic (exact) mass is 164 g/mol. The molecule has 2 atom stereocenters. The molecular formula is C9H12N2O. The summed E-state index contributed by atoms with van der Waals surface area (Å²) in [7, 11) is 0. The van der Waals surface area contributed by atoms with Gasteiger partial charge in [0.05, 0.1) is 6.10 Å². The van der Waals surface area contributed by atoms with E-state index in [0.717, 1.165) is 12.0 Å². The number of nitrogens with one attached hydrogen (secondary N) is 1. The summed E-state index contributed by atoms with van der Waals surface area (Å²) >= 11 is 0. The number of β-amino-alcohol motifs (C(OH)–C–C–N with tert-alkyl or cyclic N) is 1. The van der Waals surface area contributed by atoms with Gasteiger partial charge in [0.25, 0.3) is 0 Å². The fourth-order valence-electron chi connectivity index (χ4n) is 1.55. The van der Waals surface area contributed by atoms with Crippen molar-refractivity contribution in [1.29, 1.82) is 0 Å². The zero-order valence-corrected chi connectivity index (χ0v) is 6.77. The second-order valence-corrected chi connectivity index (χ2v) is 3.14. The van der Waals surface area contributed by atoms with Crippen LogP contribution in [-0.4, -0.2) is 22.7 Å². The lowest BCUT2D eigenvalue weighted by Crippen LogP contribution is -2.14. The van der Waals surface area contributed by atoms with E-state index in [1.165, 1.54) is 0 Å². The predicted octanol–water partition coefficient (Wildman–Crippen LogP) is 0.477. The summed E-state index contributed by atoms with van der Waals surface area (Å²) < 4.78 is 0. The van der Waals surface area contributed by atoms with Gasteiger partial charge in [0.2, 0.25) is 0 Å². The molecule has 0 saturated carbocycles. The van der Waals surface area contributed by atoms with E-state index in [1.807, 2.05) is 18.3 Å². The molecule has 2 rings (SSSR count). The molecule has 12 heavy (non-hydrogen) atoms. The fraction of sp³-hybridized carbons (Fsp3) is 0.444. The van der Waals surface area contributed by atoms with Crippen molar-refractivity contribution in [3.05, 3.63) is 30.1 Å². The van der Waals surface area contributed by atoms with Gasteiger partial charge in [-0.25, -0.2) is 0 Å². The van der Waals surface area contributed by atoms with Crippen LogP contribution >= 0.6 is 0 Å². The summed E-state index contributed by atoms with van der Waals surface area (Å²) in [5.41, 5.74) is 1.16. The van der Waals surface area contributed by atoms with Gasteiger partial charge in [-0.15, -0.1) is 0 Å². The summed E-state index contributed by atoms with van der Waals surface area (Å²) in [6.07, 6.45) is 4.20. The SMILES string of the molecule is O[C@@H]1CNC(c2cccnc2)C1. The molecule has 0 aliphatic carbocycles. The lowest BCUT2D eigenvalue weighted by Gasteiger charge is -2.08. The van der Waals surface area contributed by atoms with Crippen LogP contribution < -0.4 is 5.32 Å². The molecule has 1 aromatic rings. The van der Waals surface area contributed by atoms with E-state index >= 15 is 0 Å². The third-order valence-electron chi connectivity index (χ3n) is 2.19. The summed E-state index contributed by atoms with van der Waals surface area (Å²) in [5.74, 6) is 0. The number of hydrogen-bond acceptors (Lipinski definition) is 3. The van der Waals surface area contributed by atoms with Gasteiger partial charge < -0.3 is 10.4 Å². The molecule has 2 heterocycles. The number of pyridine rings is 1. The molecule has 3 heteroatoms. The minimum absolute atomic E-state index is 0.199. The normalized spacial score (nSPS) is 29.1. The molecule has 1 fully saturated rings. The maximum Gasteiger partial charge on any atom is 0.0682 e. The van der Waals surface area contributed by atoms with Crippen LogP contribution in [0.1, 0.15) is 18.0 Å². The van der Waals surface area contributed by atoms with E-state index in [2.05, 4.69) is 10.3 Å². The van der Waals surface area contributed by atoms with Crippen molar-refractivity contribution < 1.29 is 5.11 Å². The first-order valence-corrected chi connectivity index (χ1v) is 4.17. The second-order valence-electron chi connectivity index (χ2n) is 3.14. The Morgan fingerprint density at radius 2 is 2.50 bits per heavy atom. The molecule has 0 bridgehead atoms. The van der Waals surface area contributed by atoms with Crippen molar-refractivity contribution >= 4 is 0 Å². The summed E-state index contributed by atoms with van der Waals surface area (Å²) in [5, 5.41) is 12.5. The van der Waals surface area contributed by atoms with Crippen LogP contribution in [0, 0.1) is 0 Å². The van der Waals surface area contributed by atoms with Gasteiger partial charge in [0.15, 0.2) is 0 Å². The molecule has 64 valence electrons. The minimum Gasteiger partial charge on any atom is -0.392 e. The van der Waals surface area contributed by atoms with Gasteiger partial charge in [-0.3, -0.25) is 4.98 Å².